The van der Waals surface area contributed by atoms with Gasteiger partial charge in [-0.05, 0) is 66.2 Å². The number of nitrogens with zero attached hydrogens (tertiary/aromatic N) is 2. The van der Waals surface area contributed by atoms with Crippen LogP contribution in [0, 0.1) is 0 Å². The summed E-state index contributed by atoms with van der Waals surface area (Å²) in [5.74, 6) is -0.0899. The van der Waals surface area contributed by atoms with E-state index < -0.39 is 0 Å². The Hall–Kier alpha value is -3.80. The van der Waals surface area contributed by atoms with E-state index in [4.69, 9.17) is 5.21 Å². The van der Waals surface area contributed by atoms with Crippen molar-refractivity contribution >= 4 is 23.5 Å². The van der Waals surface area contributed by atoms with Gasteiger partial charge in [0, 0.05) is 16.9 Å². The summed E-state index contributed by atoms with van der Waals surface area (Å²) in [6.07, 6.45) is 1.27. The highest BCUT2D eigenvalue weighted by atomic mass is 16.4. The van der Waals surface area contributed by atoms with Gasteiger partial charge in [0.05, 0.1) is 6.21 Å². The number of oxime groups is 1. The van der Waals surface area contributed by atoms with Gasteiger partial charge in [-0.1, -0.05) is 17.3 Å². The number of rotatable bonds is 4. The van der Waals surface area contributed by atoms with Crippen molar-refractivity contribution in [3.05, 3.63) is 83.9 Å². The fraction of sp³-hybridized carbons (Fsp3) is 0. The Morgan fingerprint density at radius 3 is 1.65 bits per heavy atom. The molecule has 0 radical (unpaired) electrons. The van der Waals surface area contributed by atoms with Gasteiger partial charge in [0.15, 0.2) is 0 Å². The molecule has 3 aromatic carbocycles. The second-order valence-corrected chi connectivity index (χ2v) is 5.54. The quantitative estimate of drug-likeness (QED) is 0.379. The van der Waals surface area contributed by atoms with Crippen molar-refractivity contribution < 1.29 is 20.2 Å². The fourth-order valence-electron chi connectivity index (χ4n) is 2.49. The molecule has 0 heterocycles. The van der Waals surface area contributed by atoms with E-state index in [1.54, 1.807) is 48.5 Å². The van der Waals surface area contributed by atoms with Crippen LogP contribution in [0.5, 0.6) is 11.5 Å². The molecule has 3 rings (SSSR count). The summed E-state index contributed by atoms with van der Waals surface area (Å²) < 4.78 is 0. The second kappa shape index (κ2) is 7.40. The van der Waals surface area contributed by atoms with Gasteiger partial charge < -0.3 is 15.4 Å². The molecule has 0 aliphatic rings. The highest BCUT2D eigenvalue weighted by Gasteiger charge is 2.20. The number of hydrogen-bond donors (Lipinski definition) is 3. The maximum Gasteiger partial charge on any atom is 0.262 e. The molecule has 1 amide bonds. The van der Waals surface area contributed by atoms with Crippen molar-refractivity contribution in [2.24, 2.45) is 5.16 Å². The average Bonchev–Trinajstić information content (AvgIpc) is 2.66. The predicted octanol–water partition coefficient (Wildman–Crippen LogP) is 3.88. The number of phenolic OH excluding ortho intramolecular Hbond substituents is 2. The van der Waals surface area contributed by atoms with Crippen molar-refractivity contribution in [3.63, 3.8) is 0 Å². The Bertz CT molecular complexity index is 872. The third kappa shape index (κ3) is 3.64. The minimum Gasteiger partial charge on any atom is -0.508 e. The normalized spacial score (nSPS) is 10.8. The molecule has 3 N–H and O–H groups in total. The van der Waals surface area contributed by atoms with Gasteiger partial charge in [-0.25, -0.2) is 0 Å². The van der Waals surface area contributed by atoms with E-state index in [1.807, 2.05) is 0 Å². The van der Waals surface area contributed by atoms with E-state index >= 15 is 0 Å². The topological polar surface area (TPSA) is 93.4 Å². The number of anilines is 2. The molecule has 0 aromatic heterocycles. The predicted molar refractivity (Wildman–Crippen MR) is 98.5 cm³/mol. The first-order valence-electron chi connectivity index (χ1n) is 7.78. The van der Waals surface area contributed by atoms with Crippen LogP contribution >= 0.6 is 0 Å². The number of aromatic hydroxyl groups is 2. The molecule has 0 unspecified atom stereocenters. The van der Waals surface area contributed by atoms with Gasteiger partial charge in [-0.2, -0.15) is 0 Å². The van der Waals surface area contributed by atoms with E-state index in [1.165, 1.54) is 35.4 Å². The number of carbonyl (C=O) groups excluding carboxylic acids is 1. The molecular formula is C20H16N2O4. The van der Waals surface area contributed by atoms with Crippen LogP contribution in [0.1, 0.15) is 15.9 Å². The van der Waals surface area contributed by atoms with Crippen LogP contribution in [0.25, 0.3) is 0 Å². The van der Waals surface area contributed by atoms with Crippen molar-refractivity contribution in [1.82, 2.24) is 0 Å². The third-order valence-electron chi connectivity index (χ3n) is 3.78. The number of carbonyl (C=O) groups is 1. The third-order valence-corrected chi connectivity index (χ3v) is 3.78. The summed E-state index contributed by atoms with van der Waals surface area (Å²) in [7, 11) is 0. The zero-order chi connectivity index (χ0) is 18.5. The molecule has 3 aromatic rings. The van der Waals surface area contributed by atoms with E-state index in [-0.39, 0.29) is 17.4 Å². The lowest BCUT2D eigenvalue weighted by Gasteiger charge is -2.23. The van der Waals surface area contributed by atoms with Crippen LogP contribution in [0.15, 0.2) is 78.0 Å². The Morgan fingerprint density at radius 1 is 0.769 bits per heavy atom. The minimum absolute atomic E-state index is 0.0968. The Kier molecular flexibility index (Phi) is 4.85. The summed E-state index contributed by atoms with van der Waals surface area (Å²) in [6.45, 7) is 0. The number of phenols is 2. The average molecular weight is 348 g/mol. The molecule has 0 saturated heterocycles. The van der Waals surface area contributed by atoms with Gasteiger partial charge >= 0.3 is 0 Å². The summed E-state index contributed by atoms with van der Waals surface area (Å²) in [5, 5.41) is 30.6. The van der Waals surface area contributed by atoms with Gasteiger partial charge in [-0.15, -0.1) is 0 Å². The van der Waals surface area contributed by atoms with Crippen molar-refractivity contribution in [1.29, 1.82) is 0 Å². The van der Waals surface area contributed by atoms with Crippen LogP contribution in [0.2, 0.25) is 0 Å². The van der Waals surface area contributed by atoms with E-state index in [0.29, 0.717) is 22.5 Å². The lowest BCUT2D eigenvalue weighted by molar-refractivity contribution is 0.0999. The Balaban J connectivity index is 2.03. The summed E-state index contributed by atoms with van der Waals surface area (Å²) >= 11 is 0. The smallest absolute Gasteiger partial charge is 0.262 e. The van der Waals surface area contributed by atoms with Crippen molar-refractivity contribution in [2.75, 3.05) is 4.90 Å². The molecule has 6 nitrogen and oxygen atoms in total. The zero-order valence-corrected chi connectivity index (χ0v) is 13.6. The Labute approximate surface area is 149 Å². The summed E-state index contributed by atoms with van der Waals surface area (Å²) in [5.41, 5.74) is 2.23. The first-order valence-corrected chi connectivity index (χ1v) is 7.78. The first kappa shape index (κ1) is 17.0. The van der Waals surface area contributed by atoms with Crippen molar-refractivity contribution in [3.8, 4) is 11.5 Å². The zero-order valence-electron chi connectivity index (χ0n) is 13.6. The Morgan fingerprint density at radius 2 is 1.23 bits per heavy atom. The molecule has 0 atom stereocenters. The van der Waals surface area contributed by atoms with Crippen LogP contribution in [-0.2, 0) is 0 Å². The molecule has 0 fully saturated rings. The lowest BCUT2D eigenvalue weighted by atomic mass is 10.1. The molecule has 130 valence electrons. The highest BCUT2D eigenvalue weighted by molar-refractivity contribution is 6.11. The number of benzene rings is 3. The van der Waals surface area contributed by atoms with E-state index in [2.05, 4.69) is 5.16 Å². The largest absolute Gasteiger partial charge is 0.508 e. The molecule has 0 bridgehead atoms. The SMILES string of the molecule is O=C(c1ccc(/C=N/O)cc1)N(c1ccc(O)cc1)c1ccc(O)cc1. The monoisotopic (exact) mass is 348 g/mol. The highest BCUT2D eigenvalue weighted by Crippen LogP contribution is 2.30. The molecule has 0 aliphatic heterocycles. The van der Waals surface area contributed by atoms with Gasteiger partial charge in [0.1, 0.15) is 11.5 Å². The second-order valence-electron chi connectivity index (χ2n) is 5.54. The lowest BCUT2D eigenvalue weighted by Crippen LogP contribution is -2.25. The van der Waals surface area contributed by atoms with Gasteiger partial charge in [0.25, 0.3) is 5.91 Å². The number of hydrogen-bond acceptors (Lipinski definition) is 5. The number of amides is 1. The fourth-order valence-corrected chi connectivity index (χ4v) is 2.49. The first-order chi connectivity index (χ1) is 12.6. The van der Waals surface area contributed by atoms with Crippen LogP contribution < -0.4 is 4.90 Å². The van der Waals surface area contributed by atoms with E-state index in [0.717, 1.165) is 0 Å². The molecule has 0 spiro atoms. The molecule has 0 aliphatic carbocycles. The molecule has 6 heteroatoms. The van der Waals surface area contributed by atoms with E-state index in [9.17, 15) is 15.0 Å². The maximum absolute atomic E-state index is 13.1. The summed E-state index contributed by atoms with van der Waals surface area (Å²) in [4.78, 5) is 14.6. The van der Waals surface area contributed by atoms with Gasteiger partial charge in [0.2, 0.25) is 0 Å². The maximum atomic E-state index is 13.1. The van der Waals surface area contributed by atoms with Crippen LogP contribution in [-0.4, -0.2) is 27.5 Å². The minimum atomic E-state index is -0.283. The molecule has 26 heavy (non-hydrogen) atoms. The molecular weight excluding hydrogens is 332 g/mol. The molecule has 0 saturated carbocycles. The summed E-state index contributed by atoms with van der Waals surface area (Å²) in [6, 6.07) is 19.1. The standard InChI is InChI=1S/C20H16N2O4/c23-18-9-5-16(6-10-18)22(17-7-11-19(24)12-8-17)20(25)15-3-1-14(2-4-15)13-21-26/h1-13,23-24,26H/b21-13+. The van der Waals surface area contributed by atoms with Crippen LogP contribution in [0.3, 0.4) is 0 Å². The van der Waals surface area contributed by atoms with Gasteiger partial charge in [-0.3, -0.25) is 9.69 Å². The van der Waals surface area contributed by atoms with Crippen LogP contribution in [0.4, 0.5) is 11.4 Å². The van der Waals surface area contributed by atoms with Crippen molar-refractivity contribution in [2.45, 2.75) is 0 Å².